The van der Waals surface area contributed by atoms with Gasteiger partial charge in [-0.15, -0.1) is 0 Å². The van der Waals surface area contributed by atoms with Crippen molar-refractivity contribution in [1.82, 2.24) is 4.72 Å². The number of sulfonamides is 1. The summed E-state index contributed by atoms with van der Waals surface area (Å²) in [6.45, 7) is 9.84. The number of hydrogen-bond donors (Lipinski definition) is 1. The van der Waals surface area contributed by atoms with E-state index in [-0.39, 0.29) is 15.3 Å². The molecule has 0 atom stereocenters. The zero-order valence-electron chi connectivity index (χ0n) is 13.0. The van der Waals surface area contributed by atoms with Gasteiger partial charge in [-0.05, 0) is 43.9 Å². The van der Waals surface area contributed by atoms with Crippen LogP contribution in [0, 0.1) is 16.7 Å². The molecular formula is C15H21ClN2O2S. The quantitative estimate of drug-likeness (QED) is 0.916. The highest BCUT2D eigenvalue weighted by Crippen LogP contribution is 2.29. The molecule has 0 bridgehead atoms. The molecule has 0 aliphatic carbocycles. The average Bonchev–Trinajstić information content (AvgIpc) is 2.22. The second-order valence-corrected chi connectivity index (χ2v) is 9.04. The lowest BCUT2D eigenvalue weighted by molar-refractivity contribution is 0.269. The number of hydrogen-bond acceptors (Lipinski definition) is 3. The summed E-state index contributed by atoms with van der Waals surface area (Å²) in [5, 5.41) is 8.85. The van der Waals surface area contributed by atoms with Crippen molar-refractivity contribution in [3.8, 4) is 6.07 Å². The predicted molar refractivity (Wildman–Crippen MR) is 84.6 cm³/mol. The van der Waals surface area contributed by atoms with Gasteiger partial charge in [0.25, 0.3) is 0 Å². The summed E-state index contributed by atoms with van der Waals surface area (Å²) >= 11 is 5.98. The first-order valence-electron chi connectivity index (χ1n) is 6.60. The minimum absolute atomic E-state index is 0.00912. The first kappa shape index (κ1) is 18.0. The van der Waals surface area contributed by atoms with Gasteiger partial charge in [-0.3, -0.25) is 0 Å². The molecule has 116 valence electrons. The number of nitrogens with one attached hydrogen (secondary N) is 1. The largest absolute Gasteiger partial charge is 0.242 e. The van der Waals surface area contributed by atoms with Gasteiger partial charge in [-0.2, -0.15) is 5.26 Å². The normalized spacial score (nSPS) is 13.0. The maximum atomic E-state index is 12.5. The van der Waals surface area contributed by atoms with E-state index in [1.165, 1.54) is 18.2 Å². The summed E-state index contributed by atoms with van der Waals surface area (Å²) in [6.07, 6.45) is 0.674. The highest BCUT2D eigenvalue weighted by Gasteiger charge is 2.31. The fourth-order valence-corrected chi connectivity index (χ4v) is 4.53. The highest BCUT2D eigenvalue weighted by molar-refractivity contribution is 7.89. The van der Waals surface area contributed by atoms with Gasteiger partial charge >= 0.3 is 0 Å². The zero-order chi connectivity index (χ0) is 16.5. The lowest BCUT2D eigenvalue weighted by Crippen LogP contribution is -2.45. The topological polar surface area (TPSA) is 70.0 Å². The third kappa shape index (κ3) is 5.31. The highest BCUT2D eigenvalue weighted by atomic mass is 35.5. The third-order valence-corrected chi connectivity index (χ3v) is 4.91. The molecule has 21 heavy (non-hydrogen) atoms. The second-order valence-electron chi connectivity index (χ2n) is 6.98. The van der Waals surface area contributed by atoms with Crippen molar-refractivity contribution in [3.63, 3.8) is 0 Å². The van der Waals surface area contributed by atoms with Crippen molar-refractivity contribution >= 4 is 21.6 Å². The molecule has 6 heteroatoms. The smallest absolute Gasteiger partial charge is 0.207 e. The maximum Gasteiger partial charge on any atom is 0.242 e. The third-order valence-electron chi connectivity index (χ3n) is 2.73. The molecule has 0 unspecified atom stereocenters. The van der Waals surface area contributed by atoms with Crippen LogP contribution in [0.25, 0.3) is 0 Å². The van der Waals surface area contributed by atoms with E-state index >= 15 is 0 Å². The molecular weight excluding hydrogens is 308 g/mol. The zero-order valence-corrected chi connectivity index (χ0v) is 14.6. The Morgan fingerprint density at radius 1 is 1.24 bits per heavy atom. The molecule has 0 aliphatic rings. The SMILES string of the molecule is CC(C)(C)CC(C)(C)NS(=O)(=O)c1ccc(C#N)cc1Cl. The minimum atomic E-state index is -3.74. The van der Waals surface area contributed by atoms with Crippen LogP contribution < -0.4 is 4.72 Å². The fraction of sp³-hybridized carbons (Fsp3) is 0.533. The van der Waals surface area contributed by atoms with Gasteiger partial charge in [-0.25, -0.2) is 13.1 Å². The first-order chi connectivity index (χ1) is 9.36. The van der Waals surface area contributed by atoms with E-state index in [1.54, 1.807) is 0 Å². The van der Waals surface area contributed by atoms with E-state index in [0.29, 0.717) is 12.0 Å². The number of halogens is 1. The summed E-state index contributed by atoms with van der Waals surface area (Å²) in [6, 6.07) is 6.08. The fourth-order valence-electron chi connectivity index (χ4n) is 2.57. The van der Waals surface area contributed by atoms with E-state index in [0.717, 1.165) is 0 Å². The first-order valence-corrected chi connectivity index (χ1v) is 8.46. The summed E-state index contributed by atoms with van der Waals surface area (Å²) in [4.78, 5) is -0.00912. The van der Waals surface area contributed by atoms with Gasteiger partial charge in [0.1, 0.15) is 4.90 Å². The van der Waals surface area contributed by atoms with Gasteiger partial charge in [0, 0.05) is 5.54 Å². The molecule has 0 aromatic heterocycles. The Bertz CT molecular complexity index is 668. The Kier molecular flexibility index (Phi) is 5.09. The Morgan fingerprint density at radius 3 is 2.24 bits per heavy atom. The molecule has 0 amide bonds. The van der Waals surface area contributed by atoms with E-state index in [1.807, 2.05) is 19.9 Å². The summed E-state index contributed by atoms with van der Waals surface area (Å²) in [5.41, 5.74) is -0.290. The Morgan fingerprint density at radius 2 is 1.81 bits per heavy atom. The van der Waals surface area contributed by atoms with Gasteiger partial charge in [0.2, 0.25) is 10.0 Å². The average molecular weight is 329 g/mol. The van der Waals surface area contributed by atoms with Crippen molar-refractivity contribution in [2.24, 2.45) is 5.41 Å². The standard InChI is InChI=1S/C15H21ClN2O2S/c1-14(2,3)10-15(4,5)18-21(19,20)13-7-6-11(9-17)8-12(13)16/h6-8,18H,10H2,1-5H3. The summed E-state index contributed by atoms with van der Waals surface area (Å²) < 4.78 is 27.6. The van der Waals surface area contributed by atoms with E-state index in [2.05, 4.69) is 25.5 Å². The van der Waals surface area contributed by atoms with Gasteiger partial charge < -0.3 is 0 Å². The van der Waals surface area contributed by atoms with E-state index in [4.69, 9.17) is 16.9 Å². The Hall–Kier alpha value is -1.09. The van der Waals surface area contributed by atoms with Crippen LogP contribution in [0.3, 0.4) is 0 Å². The van der Waals surface area contributed by atoms with Crippen LogP contribution in [0.5, 0.6) is 0 Å². The molecule has 0 heterocycles. The van der Waals surface area contributed by atoms with E-state index in [9.17, 15) is 8.42 Å². The lowest BCUT2D eigenvalue weighted by Gasteiger charge is -2.33. The van der Waals surface area contributed by atoms with Gasteiger partial charge in [0.05, 0.1) is 16.7 Å². The molecule has 1 aromatic rings. The van der Waals surface area contributed by atoms with Crippen molar-refractivity contribution in [2.75, 3.05) is 0 Å². The molecule has 0 aliphatic heterocycles. The molecule has 1 N–H and O–H groups in total. The van der Waals surface area contributed by atoms with Crippen LogP contribution in [0.2, 0.25) is 5.02 Å². The molecule has 0 spiro atoms. The molecule has 4 nitrogen and oxygen atoms in total. The monoisotopic (exact) mass is 328 g/mol. The molecule has 1 aromatic carbocycles. The van der Waals surface area contributed by atoms with Gasteiger partial charge in [-0.1, -0.05) is 32.4 Å². The minimum Gasteiger partial charge on any atom is -0.207 e. The maximum absolute atomic E-state index is 12.5. The summed E-state index contributed by atoms with van der Waals surface area (Å²) in [5.74, 6) is 0. The molecule has 0 saturated carbocycles. The number of nitrogens with zero attached hydrogens (tertiary/aromatic N) is 1. The van der Waals surface area contributed by atoms with Gasteiger partial charge in [0.15, 0.2) is 0 Å². The van der Waals surface area contributed by atoms with Crippen molar-refractivity contribution in [1.29, 1.82) is 5.26 Å². The van der Waals surface area contributed by atoms with Crippen molar-refractivity contribution in [2.45, 2.75) is 51.5 Å². The second kappa shape index (κ2) is 5.96. The van der Waals surface area contributed by atoms with Crippen molar-refractivity contribution < 1.29 is 8.42 Å². The number of rotatable bonds is 4. The van der Waals surface area contributed by atoms with Crippen LogP contribution >= 0.6 is 11.6 Å². The predicted octanol–water partition coefficient (Wildman–Crippen LogP) is 3.70. The van der Waals surface area contributed by atoms with Crippen LogP contribution in [0.4, 0.5) is 0 Å². The number of nitriles is 1. The van der Waals surface area contributed by atoms with Crippen LogP contribution in [-0.4, -0.2) is 14.0 Å². The van der Waals surface area contributed by atoms with Crippen LogP contribution in [-0.2, 0) is 10.0 Å². The molecule has 0 radical (unpaired) electrons. The number of benzene rings is 1. The lowest BCUT2D eigenvalue weighted by atomic mass is 9.82. The Balaban J connectivity index is 3.10. The van der Waals surface area contributed by atoms with E-state index < -0.39 is 15.6 Å². The van der Waals surface area contributed by atoms with Crippen LogP contribution in [0.15, 0.2) is 23.1 Å². The Labute approximate surface area is 132 Å². The summed E-state index contributed by atoms with van der Waals surface area (Å²) in [7, 11) is -3.74. The molecule has 1 rings (SSSR count). The molecule has 0 fully saturated rings. The van der Waals surface area contributed by atoms with Crippen molar-refractivity contribution in [3.05, 3.63) is 28.8 Å². The van der Waals surface area contributed by atoms with Crippen LogP contribution in [0.1, 0.15) is 46.6 Å². The molecule has 0 saturated heterocycles.